The molecule has 3 aromatic rings. The minimum Gasteiger partial charge on any atom is -0.352 e. The Morgan fingerprint density at radius 2 is 2.06 bits per heavy atom. The van der Waals surface area contributed by atoms with Crippen LogP contribution in [-0.4, -0.2) is 35.9 Å². The first-order chi connectivity index (χ1) is 15.5. The van der Waals surface area contributed by atoms with Crippen molar-refractivity contribution in [3.63, 3.8) is 0 Å². The van der Waals surface area contributed by atoms with Crippen molar-refractivity contribution in [3.05, 3.63) is 59.7 Å². The van der Waals surface area contributed by atoms with Crippen LogP contribution in [0.1, 0.15) is 49.0 Å². The average Bonchev–Trinajstić information content (AvgIpc) is 3.27. The molecule has 6 nitrogen and oxygen atoms in total. The zero-order valence-electron chi connectivity index (χ0n) is 18.6. The maximum Gasteiger partial charge on any atom is 0.251 e. The lowest BCUT2D eigenvalue weighted by Crippen LogP contribution is -2.43. The number of hydrogen-bond donors (Lipinski definition) is 2. The Morgan fingerprint density at radius 3 is 2.88 bits per heavy atom. The van der Waals surface area contributed by atoms with Crippen molar-refractivity contribution in [2.24, 2.45) is 5.92 Å². The highest BCUT2D eigenvalue weighted by Gasteiger charge is 2.27. The molecule has 32 heavy (non-hydrogen) atoms. The van der Waals surface area contributed by atoms with E-state index in [1.165, 1.54) is 4.70 Å². The number of carbonyl (C=O) groups is 2. The molecular formula is C25H30N4O2S. The highest BCUT2D eigenvalue weighted by Crippen LogP contribution is 2.31. The van der Waals surface area contributed by atoms with Gasteiger partial charge in [0.15, 0.2) is 5.13 Å². The number of hydrogen-bond acceptors (Lipinski definition) is 5. The van der Waals surface area contributed by atoms with Crippen LogP contribution >= 0.6 is 11.3 Å². The molecule has 2 heterocycles. The first kappa shape index (κ1) is 22.3. The molecule has 4 rings (SSSR count). The number of piperidine rings is 1. The Kier molecular flexibility index (Phi) is 7.05. The molecule has 7 heteroatoms. The number of amides is 2. The van der Waals surface area contributed by atoms with Crippen LogP contribution in [0.4, 0.5) is 5.13 Å². The van der Waals surface area contributed by atoms with E-state index in [1.54, 1.807) is 17.4 Å². The zero-order chi connectivity index (χ0) is 22.5. The van der Waals surface area contributed by atoms with Gasteiger partial charge in [0, 0.05) is 31.2 Å². The normalized spacial score (nSPS) is 17.2. The van der Waals surface area contributed by atoms with E-state index in [0.717, 1.165) is 42.0 Å². The van der Waals surface area contributed by atoms with Crippen LogP contribution in [0.15, 0.2) is 48.5 Å². The third kappa shape index (κ3) is 5.27. The number of nitrogens with one attached hydrogen (secondary N) is 2. The van der Waals surface area contributed by atoms with Crippen LogP contribution in [0, 0.1) is 5.92 Å². The number of rotatable bonds is 7. The largest absolute Gasteiger partial charge is 0.352 e. The number of aromatic nitrogens is 1. The Labute approximate surface area is 193 Å². The van der Waals surface area contributed by atoms with Crippen molar-refractivity contribution in [1.29, 1.82) is 0 Å². The van der Waals surface area contributed by atoms with Gasteiger partial charge in [-0.05, 0) is 56.0 Å². The summed E-state index contributed by atoms with van der Waals surface area (Å²) in [6.07, 6.45) is 2.74. The first-order valence-corrected chi connectivity index (χ1v) is 12.1. The smallest absolute Gasteiger partial charge is 0.251 e. The molecule has 2 atom stereocenters. The maximum absolute atomic E-state index is 12.9. The molecule has 168 valence electrons. The molecule has 0 saturated carbocycles. The minimum absolute atomic E-state index is 0.0604. The van der Waals surface area contributed by atoms with Gasteiger partial charge < -0.3 is 15.5 Å². The quantitative estimate of drug-likeness (QED) is 0.561. The average molecular weight is 451 g/mol. The second-order valence-electron chi connectivity index (χ2n) is 8.45. The number of para-hydroxylation sites is 1. The van der Waals surface area contributed by atoms with Gasteiger partial charge in [0.25, 0.3) is 5.91 Å². The predicted molar refractivity (Wildman–Crippen MR) is 130 cm³/mol. The van der Waals surface area contributed by atoms with Gasteiger partial charge in [-0.25, -0.2) is 4.98 Å². The number of benzene rings is 2. The highest BCUT2D eigenvalue weighted by atomic mass is 32.1. The fraction of sp³-hybridized carbons (Fsp3) is 0.400. The second-order valence-corrected chi connectivity index (χ2v) is 9.46. The number of thiazole rings is 1. The summed E-state index contributed by atoms with van der Waals surface area (Å²) in [5.74, 6) is -0.0794. The molecule has 0 aliphatic carbocycles. The molecule has 0 radical (unpaired) electrons. The highest BCUT2D eigenvalue weighted by molar-refractivity contribution is 7.22. The summed E-state index contributed by atoms with van der Waals surface area (Å²) in [6, 6.07) is 15.7. The van der Waals surface area contributed by atoms with E-state index in [2.05, 4.69) is 21.6 Å². The molecule has 1 aliphatic rings. The zero-order valence-corrected chi connectivity index (χ0v) is 19.5. The second kappa shape index (κ2) is 10.1. The lowest BCUT2D eigenvalue weighted by atomic mass is 9.97. The monoisotopic (exact) mass is 450 g/mol. The van der Waals surface area contributed by atoms with Gasteiger partial charge >= 0.3 is 0 Å². The van der Waals surface area contributed by atoms with Crippen molar-refractivity contribution < 1.29 is 9.59 Å². The summed E-state index contributed by atoms with van der Waals surface area (Å²) < 4.78 is 1.17. The van der Waals surface area contributed by atoms with Gasteiger partial charge in [-0.1, -0.05) is 42.5 Å². The molecule has 2 N–H and O–H groups in total. The van der Waals surface area contributed by atoms with Crippen molar-refractivity contribution in [2.75, 3.05) is 18.0 Å². The lowest BCUT2D eigenvalue weighted by molar-refractivity contribution is -0.125. The van der Waals surface area contributed by atoms with Gasteiger partial charge in [-0.2, -0.15) is 0 Å². The maximum atomic E-state index is 12.9. The Hall–Kier alpha value is -2.93. The molecule has 0 spiro atoms. The molecule has 2 unspecified atom stereocenters. The van der Waals surface area contributed by atoms with Gasteiger partial charge in [0.1, 0.15) is 0 Å². The van der Waals surface area contributed by atoms with E-state index in [4.69, 9.17) is 4.98 Å². The first-order valence-electron chi connectivity index (χ1n) is 11.3. The van der Waals surface area contributed by atoms with Crippen LogP contribution < -0.4 is 15.5 Å². The Balaban J connectivity index is 1.35. The van der Waals surface area contributed by atoms with Crippen LogP contribution in [-0.2, 0) is 11.3 Å². The fourth-order valence-corrected chi connectivity index (χ4v) is 4.93. The predicted octanol–water partition coefficient (Wildman–Crippen LogP) is 4.36. The van der Waals surface area contributed by atoms with E-state index in [0.29, 0.717) is 18.7 Å². The van der Waals surface area contributed by atoms with Crippen LogP contribution in [0.3, 0.4) is 0 Å². The summed E-state index contributed by atoms with van der Waals surface area (Å²) in [4.78, 5) is 32.3. The summed E-state index contributed by atoms with van der Waals surface area (Å²) in [5.41, 5.74) is 2.56. The van der Waals surface area contributed by atoms with Crippen LogP contribution in [0.5, 0.6) is 0 Å². The molecule has 0 bridgehead atoms. The molecule has 1 aliphatic heterocycles. The third-order valence-electron chi connectivity index (χ3n) is 5.99. The summed E-state index contributed by atoms with van der Waals surface area (Å²) in [7, 11) is 0. The SMILES string of the molecule is CCC(C)NC(=O)c1cccc(CNC(=O)C2CCCN(c3nc4ccccc4s3)C2)c1. The summed E-state index contributed by atoms with van der Waals surface area (Å²) >= 11 is 1.68. The number of anilines is 1. The van der Waals surface area contributed by atoms with Crippen molar-refractivity contribution >= 4 is 38.5 Å². The third-order valence-corrected chi connectivity index (χ3v) is 7.09. The number of nitrogens with zero attached hydrogens (tertiary/aromatic N) is 2. The molecule has 1 saturated heterocycles. The van der Waals surface area contributed by atoms with Crippen molar-refractivity contribution in [3.8, 4) is 0 Å². The van der Waals surface area contributed by atoms with Gasteiger partial charge in [0.2, 0.25) is 5.91 Å². The van der Waals surface area contributed by atoms with E-state index in [-0.39, 0.29) is 23.8 Å². The molecular weight excluding hydrogens is 420 g/mol. The molecule has 2 aromatic carbocycles. The summed E-state index contributed by atoms with van der Waals surface area (Å²) in [5, 5.41) is 7.04. The van der Waals surface area contributed by atoms with Crippen LogP contribution in [0.2, 0.25) is 0 Å². The Morgan fingerprint density at radius 1 is 1.22 bits per heavy atom. The molecule has 2 amide bonds. The van der Waals surface area contributed by atoms with E-state index < -0.39 is 0 Å². The van der Waals surface area contributed by atoms with E-state index in [1.807, 2.05) is 50.2 Å². The number of fused-ring (bicyclic) bond motifs is 1. The van der Waals surface area contributed by atoms with Gasteiger partial charge in [0.05, 0.1) is 16.1 Å². The van der Waals surface area contributed by atoms with Gasteiger partial charge in [-0.15, -0.1) is 0 Å². The lowest BCUT2D eigenvalue weighted by Gasteiger charge is -2.31. The topological polar surface area (TPSA) is 74.3 Å². The standard InChI is InChI=1S/C25H30N4O2S/c1-3-17(2)27-24(31)19-9-6-8-18(14-19)15-26-23(30)20-10-7-13-29(16-20)25-28-21-11-4-5-12-22(21)32-25/h4-6,8-9,11-12,14,17,20H,3,7,10,13,15-16H2,1-2H3,(H,26,30)(H,27,31). The fourth-order valence-electron chi connectivity index (χ4n) is 3.93. The Bertz CT molecular complexity index is 1060. The van der Waals surface area contributed by atoms with Gasteiger partial charge in [-0.3, -0.25) is 9.59 Å². The van der Waals surface area contributed by atoms with Crippen molar-refractivity contribution in [2.45, 2.75) is 45.7 Å². The van der Waals surface area contributed by atoms with E-state index >= 15 is 0 Å². The minimum atomic E-state index is -0.0775. The number of carbonyl (C=O) groups excluding carboxylic acids is 2. The van der Waals surface area contributed by atoms with Crippen LogP contribution in [0.25, 0.3) is 10.2 Å². The molecule has 1 fully saturated rings. The summed E-state index contributed by atoms with van der Waals surface area (Å²) in [6.45, 7) is 6.06. The molecule has 1 aromatic heterocycles. The van der Waals surface area contributed by atoms with E-state index in [9.17, 15) is 9.59 Å². The van der Waals surface area contributed by atoms with Crippen molar-refractivity contribution in [1.82, 2.24) is 15.6 Å².